The predicted octanol–water partition coefficient (Wildman–Crippen LogP) is 2.05. The first-order valence-corrected chi connectivity index (χ1v) is 6.74. The summed E-state index contributed by atoms with van der Waals surface area (Å²) < 4.78 is 7.11. The molecule has 1 aromatic heterocycles. The maximum atomic E-state index is 12.3. The fourth-order valence-corrected chi connectivity index (χ4v) is 2.63. The van der Waals surface area contributed by atoms with Crippen molar-refractivity contribution in [2.75, 3.05) is 12.4 Å². The van der Waals surface area contributed by atoms with Gasteiger partial charge in [-0.1, -0.05) is 13.8 Å². The molecule has 1 aliphatic rings. The van der Waals surface area contributed by atoms with Crippen molar-refractivity contribution < 1.29 is 4.74 Å². The number of ether oxygens (including phenoxy) is 1. The summed E-state index contributed by atoms with van der Waals surface area (Å²) in [5.74, 6) is 0.434. The molecule has 5 nitrogen and oxygen atoms in total. The zero-order valence-corrected chi connectivity index (χ0v) is 12.3. The van der Waals surface area contributed by atoms with Crippen molar-refractivity contribution in [1.29, 1.82) is 0 Å². The fraction of sp³-hybridized carbons (Fsp3) is 0.714. The molecule has 106 valence electrons. The molecule has 1 aromatic rings. The summed E-state index contributed by atoms with van der Waals surface area (Å²) >= 11 is 0. The molecule has 5 heteroatoms. The lowest BCUT2D eigenvalue weighted by Crippen LogP contribution is -2.58. The van der Waals surface area contributed by atoms with Crippen LogP contribution in [-0.4, -0.2) is 28.8 Å². The third kappa shape index (κ3) is 2.39. The largest absolute Gasteiger partial charge is 0.381 e. The molecule has 2 atom stereocenters. The van der Waals surface area contributed by atoms with Gasteiger partial charge in [0, 0.05) is 37.0 Å². The van der Waals surface area contributed by atoms with Crippen LogP contribution in [0.3, 0.4) is 0 Å². The Labute approximate surface area is 114 Å². The first-order chi connectivity index (χ1) is 8.87. The van der Waals surface area contributed by atoms with Crippen molar-refractivity contribution in [2.45, 2.75) is 52.3 Å². The van der Waals surface area contributed by atoms with Gasteiger partial charge in [-0.3, -0.25) is 4.79 Å². The van der Waals surface area contributed by atoms with Gasteiger partial charge in [-0.2, -0.15) is 0 Å². The summed E-state index contributed by atoms with van der Waals surface area (Å²) in [5.41, 5.74) is -0.0457. The quantitative estimate of drug-likeness (QED) is 0.905. The number of anilines is 1. The minimum atomic E-state index is -0.0610. The minimum absolute atomic E-state index is 0.0153. The van der Waals surface area contributed by atoms with E-state index in [1.807, 2.05) is 13.8 Å². The predicted molar refractivity (Wildman–Crippen MR) is 75.5 cm³/mol. The normalized spacial score (nSPS) is 25.2. The van der Waals surface area contributed by atoms with Gasteiger partial charge in [0.1, 0.15) is 0 Å². The van der Waals surface area contributed by atoms with Crippen LogP contribution in [0.1, 0.15) is 40.2 Å². The molecule has 1 heterocycles. The molecule has 0 bridgehead atoms. The standard InChI is InChI=1S/C14H23N3O2/c1-9(2)17-7-6-15-12(13(17)18)16-10-8-11(19-5)14(10,3)4/h6-7,9-11H,8H2,1-5H3,(H,15,16). The highest BCUT2D eigenvalue weighted by Crippen LogP contribution is 2.43. The number of aromatic nitrogens is 2. The molecule has 0 spiro atoms. The summed E-state index contributed by atoms with van der Waals surface area (Å²) in [6.07, 6.45) is 4.54. The molecule has 1 fully saturated rings. The molecule has 1 N–H and O–H groups in total. The van der Waals surface area contributed by atoms with Crippen LogP contribution in [0.5, 0.6) is 0 Å². The second-order valence-corrected chi connectivity index (χ2v) is 6.06. The maximum Gasteiger partial charge on any atom is 0.293 e. The van der Waals surface area contributed by atoms with Crippen LogP contribution in [-0.2, 0) is 4.74 Å². The number of nitrogens with one attached hydrogen (secondary N) is 1. The van der Waals surface area contributed by atoms with E-state index in [0.29, 0.717) is 5.82 Å². The number of methoxy groups -OCH3 is 1. The molecule has 2 rings (SSSR count). The Morgan fingerprint density at radius 3 is 2.74 bits per heavy atom. The topological polar surface area (TPSA) is 56.1 Å². The third-order valence-electron chi connectivity index (χ3n) is 4.20. The summed E-state index contributed by atoms with van der Waals surface area (Å²) in [7, 11) is 1.73. The van der Waals surface area contributed by atoms with Crippen molar-refractivity contribution in [3.63, 3.8) is 0 Å². The van der Waals surface area contributed by atoms with Gasteiger partial charge >= 0.3 is 0 Å². The highest BCUT2D eigenvalue weighted by Gasteiger charge is 2.48. The fourth-order valence-electron chi connectivity index (χ4n) is 2.63. The SMILES string of the molecule is COC1CC(Nc2nccn(C(C)C)c2=O)C1(C)C. The van der Waals surface area contributed by atoms with Crippen LogP contribution in [0.15, 0.2) is 17.2 Å². The van der Waals surface area contributed by atoms with E-state index >= 15 is 0 Å². The van der Waals surface area contributed by atoms with Gasteiger partial charge in [-0.15, -0.1) is 0 Å². The number of hydrogen-bond acceptors (Lipinski definition) is 4. The second kappa shape index (κ2) is 4.96. The molecular weight excluding hydrogens is 242 g/mol. The molecular formula is C14H23N3O2. The lowest BCUT2D eigenvalue weighted by atomic mass is 9.64. The van der Waals surface area contributed by atoms with E-state index in [9.17, 15) is 4.79 Å². The van der Waals surface area contributed by atoms with Crippen LogP contribution in [0, 0.1) is 5.41 Å². The Morgan fingerprint density at radius 1 is 1.53 bits per heavy atom. The van der Waals surface area contributed by atoms with Crippen LogP contribution in [0.4, 0.5) is 5.82 Å². The first kappa shape index (κ1) is 14.1. The molecule has 19 heavy (non-hydrogen) atoms. The van der Waals surface area contributed by atoms with Gasteiger partial charge in [0.25, 0.3) is 5.56 Å². The van der Waals surface area contributed by atoms with Gasteiger partial charge in [-0.05, 0) is 20.3 Å². The Kier molecular flexibility index (Phi) is 3.67. The van der Waals surface area contributed by atoms with E-state index in [1.54, 1.807) is 24.1 Å². The van der Waals surface area contributed by atoms with E-state index < -0.39 is 0 Å². The molecule has 0 aliphatic heterocycles. The molecule has 1 aliphatic carbocycles. The molecule has 2 unspecified atom stereocenters. The van der Waals surface area contributed by atoms with Gasteiger partial charge in [0.15, 0.2) is 5.82 Å². The van der Waals surface area contributed by atoms with Crippen LogP contribution in [0.2, 0.25) is 0 Å². The summed E-state index contributed by atoms with van der Waals surface area (Å²) in [6.45, 7) is 8.26. The first-order valence-electron chi connectivity index (χ1n) is 6.74. The van der Waals surface area contributed by atoms with Crippen LogP contribution < -0.4 is 10.9 Å². The number of nitrogens with zero attached hydrogens (tertiary/aromatic N) is 2. The zero-order chi connectivity index (χ0) is 14.2. The van der Waals surface area contributed by atoms with Crippen molar-refractivity contribution in [1.82, 2.24) is 9.55 Å². The Hall–Kier alpha value is -1.36. The Bertz CT molecular complexity index is 508. The second-order valence-electron chi connectivity index (χ2n) is 6.06. The Balaban J connectivity index is 2.18. The monoisotopic (exact) mass is 265 g/mol. The molecule has 0 saturated heterocycles. The van der Waals surface area contributed by atoms with Crippen LogP contribution >= 0.6 is 0 Å². The van der Waals surface area contributed by atoms with Crippen molar-refractivity contribution >= 4 is 5.82 Å². The lowest BCUT2D eigenvalue weighted by molar-refractivity contribution is -0.0796. The summed E-state index contributed by atoms with van der Waals surface area (Å²) in [5, 5.41) is 3.27. The molecule has 0 radical (unpaired) electrons. The number of hydrogen-bond donors (Lipinski definition) is 1. The van der Waals surface area contributed by atoms with E-state index in [0.717, 1.165) is 6.42 Å². The lowest BCUT2D eigenvalue weighted by Gasteiger charge is -2.51. The van der Waals surface area contributed by atoms with E-state index in [1.165, 1.54) is 0 Å². The highest BCUT2D eigenvalue weighted by molar-refractivity contribution is 5.35. The smallest absolute Gasteiger partial charge is 0.293 e. The molecule has 0 aromatic carbocycles. The van der Waals surface area contributed by atoms with E-state index in [2.05, 4.69) is 24.1 Å². The average Bonchev–Trinajstić information content (AvgIpc) is 2.35. The van der Waals surface area contributed by atoms with Crippen molar-refractivity contribution in [3.8, 4) is 0 Å². The van der Waals surface area contributed by atoms with Gasteiger partial charge < -0.3 is 14.6 Å². The van der Waals surface area contributed by atoms with Crippen LogP contribution in [0.25, 0.3) is 0 Å². The summed E-state index contributed by atoms with van der Waals surface area (Å²) in [4.78, 5) is 16.4. The molecule has 0 amide bonds. The Morgan fingerprint density at radius 2 is 2.21 bits per heavy atom. The number of rotatable bonds is 4. The maximum absolute atomic E-state index is 12.3. The zero-order valence-electron chi connectivity index (χ0n) is 12.3. The molecule has 1 saturated carbocycles. The summed E-state index contributed by atoms with van der Waals surface area (Å²) in [6, 6.07) is 0.359. The van der Waals surface area contributed by atoms with Gasteiger partial charge in [-0.25, -0.2) is 4.98 Å². The average molecular weight is 265 g/mol. The third-order valence-corrected chi connectivity index (χ3v) is 4.20. The highest BCUT2D eigenvalue weighted by atomic mass is 16.5. The van der Waals surface area contributed by atoms with Gasteiger partial charge in [0.2, 0.25) is 0 Å². The van der Waals surface area contributed by atoms with Crippen molar-refractivity contribution in [3.05, 3.63) is 22.7 Å². The van der Waals surface area contributed by atoms with Gasteiger partial charge in [0.05, 0.1) is 6.10 Å². The van der Waals surface area contributed by atoms with E-state index in [4.69, 9.17) is 4.74 Å². The minimum Gasteiger partial charge on any atom is -0.381 e. The van der Waals surface area contributed by atoms with E-state index in [-0.39, 0.29) is 29.2 Å². The van der Waals surface area contributed by atoms with Crippen molar-refractivity contribution in [2.24, 2.45) is 5.41 Å².